The summed E-state index contributed by atoms with van der Waals surface area (Å²) in [5.74, 6) is 2.17. The highest BCUT2D eigenvalue weighted by molar-refractivity contribution is 7.08. The number of methoxy groups -OCH3 is 1. The first-order chi connectivity index (χ1) is 13.9. The van der Waals surface area contributed by atoms with Crippen molar-refractivity contribution in [1.82, 2.24) is 9.80 Å². The lowest BCUT2D eigenvalue weighted by atomic mass is 9.82. The molecule has 0 aliphatic carbocycles. The number of ether oxygens (including phenoxy) is 1. The molecule has 2 aliphatic heterocycles. The van der Waals surface area contributed by atoms with E-state index >= 15 is 0 Å². The van der Waals surface area contributed by atoms with E-state index in [1.54, 1.807) is 18.4 Å². The molecule has 4 nitrogen and oxygen atoms in total. The Labute approximate surface area is 178 Å². The van der Waals surface area contributed by atoms with Crippen molar-refractivity contribution in [3.63, 3.8) is 0 Å². The molecular weight excluding hydrogens is 380 g/mol. The SMILES string of the molecule is COc1ccccc1CN1CC[C@@H]2[C@H](C1)[C@@H](c1ccsc1)CN2C(=O)C(C)(C)C. The summed E-state index contributed by atoms with van der Waals surface area (Å²) in [5, 5.41) is 4.43. The van der Waals surface area contributed by atoms with Crippen molar-refractivity contribution in [1.29, 1.82) is 0 Å². The molecule has 3 atom stereocenters. The molecule has 29 heavy (non-hydrogen) atoms. The fourth-order valence-electron chi connectivity index (χ4n) is 5.03. The normalized spacial score (nSPS) is 25.1. The molecule has 2 saturated heterocycles. The molecule has 1 amide bonds. The predicted molar refractivity (Wildman–Crippen MR) is 118 cm³/mol. The summed E-state index contributed by atoms with van der Waals surface area (Å²) in [4.78, 5) is 17.9. The van der Waals surface area contributed by atoms with Crippen molar-refractivity contribution in [2.45, 2.75) is 45.7 Å². The minimum absolute atomic E-state index is 0.295. The lowest BCUT2D eigenvalue weighted by molar-refractivity contribution is -0.141. The lowest BCUT2D eigenvalue weighted by Crippen LogP contribution is -2.49. The maximum Gasteiger partial charge on any atom is 0.228 e. The van der Waals surface area contributed by atoms with Crippen LogP contribution in [0.4, 0.5) is 0 Å². The molecule has 0 unspecified atom stereocenters. The minimum atomic E-state index is -0.331. The molecule has 5 heteroatoms. The maximum atomic E-state index is 13.2. The van der Waals surface area contributed by atoms with Gasteiger partial charge < -0.3 is 9.64 Å². The average molecular weight is 413 g/mol. The highest BCUT2D eigenvalue weighted by atomic mass is 32.1. The van der Waals surface area contributed by atoms with E-state index in [-0.39, 0.29) is 5.41 Å². The molecule has 1 aromatic heterocycles. The van der Waals surface area contributed by atoms with Gasteiger partial charge in [-0.25, -0.2) is 0 Å². The Morgan fingerprint density at radius 3 is 2.69 bits per heavy atom. The molecule has 2 aromatic rings. The van der Waals surface area contributed by atoms with E-state index in [0.717, 1.165) is 38.3 Å². The van der Waals surface area contributed by atoms with E-state index in [0.29, 0.717) is 23.8 Å². The number of piperidine rings is 1. The highest BCUT2D eigenvalue weighted by Crippen LogP contribution is 2.43. The molecule has 1 aromatic carbocycles. The molecule has 4 rings (SSSR count). The summed E-state index contributed by atoms with van der Waals surface area (Å²) >= 11 is 1.76. The molecule has 156 valence electrons. The van der Waals surface area contributed by atoms with E-state index in [4.69, 9.17) is 4.74 Å². The van der Waals surface area contributed by atoms with Gasteiger partial charge in [0.2, 0.25) is 5.91 Å². The van der Waals surface area contributed by atoms with Crippen molar-refractivity contribution in [2.75, 3.05) is 26.7 Å². The predicted octanol–water partition coefficient (Wildman–Crippen LogP) is 4.62. The largest absolute Gasteiger partial charge is 0.496 e. The second-order valence-corrected chi connectivity index (χ2v) is 10.2. The van der Waals surface area contributed by atoms with Crippen molar-refractivity contribution in [3.8, 4) is 5.75 Å². The average Bonchev–Trinajstić information content (AvgIpc) is 3.34. The number of hydrogen-bond donors (Lipinski definition) is 0. The number of thiophene rings is 1. The van der Waals surface area contributed by atoms with Crippen LogP contribution in [0.15, 0.2) is 41.1 Å². The van der Waals surface area contributed by atoms with Crippen LogP contribution in [-0.4, -0.2) is 48.5 Å². The number of carbonyl (C=O) groups is 1. The van der Waals surface area contributed by atoms with E-state index < -0.39 is 0 Å². The van der Waals surface area contributed by atoms with Crippen molar-refractivity contribution in [3.05, 3.63) is 52.2 Å². The van der Waals surface area contributed by atoms with E-state index in [9.17, 15) is 4.79 Å². The first-order valence-electron chi connectivity index (χ1n) is 10.6. The third kappa shape index (κ3) is 4.08. The molecule has 0 bridgehead atoms. The highest BCUT2D eigenvalue weighted by Gasteiger charge is 2.48. The molecule has 0 radical (unpaired) electrons. The quantitative estimate of drug-likeness (QED) is 0.735. The van der Waals surface area contributed by atoms with Crippen LogP contribution in [0.1, 0.15) is 44.2 Å². The van der Waals surface area contributed by atoms with Crippen molar-refractivity contribution < 1.29 is 9.53 Å². The molecule has 0 saturated carbocycles. The lowest BCUT2D eigenvalue weighted by Gasteiger charge is -2.40. The van der Waals surface area contributed by atoms with Gasteiger partial charge in [0.05, 0.1) is 7.11 Å². The van der Waals surface area contributed by atoms with Gasteiger partial charge in [0, 0.05) is 55.0 Å². The van der Waals surface area contributed by atoms with Gasteiger partial charge in [-0.3, -0.25) is 9.69 Å². The third-order valence-electron chi connectivity index (χ3n) is 6.48. The molecule has 0 N–H and O–H groups in total. The number of rotatable bonds is 4. The Morgan fingerprint density at radius 2 is 2.00 bits per heavy atom. The van der Waals surface area contributed by atoms with Gasteiger partial charge in [-0.2, -0.15) is 11.3 Å². The van der Waals surface area contributed by atoms with E-state index in [2.05, 4.69) is 38.8 Å². The van der Waals surface area contributed by atoms with Gasteiger partial charge in [0.25, 0.3) is 0 Å². The monoisotopic (exact) mass is 412 g/mol. The summed E-state index contributed by atoms with van der Waals surface area (Å²) < 4.78 is 5.56. The van der Waals surface area contributed by atoms with Gasteiger partial charge in [0.15, 0.2) is 0 Å². The van der Waals surface area contributed by atoms with Crippen molar-refractivity contribution >= 4 is 17.2 Å². The van der Waals surface area contributed by atoms with Crippen LogP contribution in [0.25, 0.3) is 0 Å². The van der Waals surface area contributed by atoms with Crippen LogP contribution in [0.2, 0.25) is 0 Å². The van der Waals surface area contributed by atoms with Crippen LogP contribution in [-0.2, 0) is 11.3 Å². The zero-order valence-electron chi connectivity index (χ0n) is 17.9. The minimum Gasteiger partial charge on any atom is -0.496 e. The summed E-state index contributed by atoms with van der Waals surface area (Å²) in [6.45, 7) is 9.92. The number of carbonyl (C=O) groups excluding carboxylic acids is 1. The van der Waals surface area contributed by atoms with Gasteiger partial charge in [0.1, 0.15) is 5.75 Å². The Balaban J connectivity index is 1.56. The number of likely N-dealkylation sites (tertiary alicyclic amines) is 2. The maximum absolute atomic E-state index is 13.2. The topological polar surface area (TPSA) is 32.8 Å². The molecular formula is C24H32N2O2S. The standard InChI is InChI=1S/C24H32N2O2S/c1-24(2,3)23(27)26-15-19(18-10-12-29-16-18)20-14-25(11-9-21(20)26)13-17-7-5-6-8-22(17)28-4/h5-8,10,12,16,19-21H,9,11,13-15H2,1-4H3/t19-,20-,21-/m1/s1. The van der Waals surface area contributed by atoms with Gasteiger partial charge >= 0.3 is 0 Å². The molecule has 2 fully saturated rings. The fourth-order valence-corrected chi connectivity index (χ4v) is 5.75. The van der Waals surface area contributed by atoms with Crippen LogP contribution in [0, 0.1) is 11.3 Å². The molecule has 2 aliphatic rings. The number of amides is 1. The Kier molecular flexibility index (Phi) is 5.71. The number of para-hydroxylation sites is 1. The molecule has 0 spiro atoms. The summed E-state index contributed by atoms with van der Waals surface area (Å²) in [6, 6.07) is 10.9. The Hall–Kier alpha value is -1.85. The first-order valence-corrected chi connectivity index (χ1v) is 11.5. The van der Waals surface area contributed by atoms with E-state index in [1.165, 1.54) is 11.1 Å². The van der Waals surface area contributed by atoms with Crippen LogP contribution >= 0.6 is 11.3 Å². The second kappa shape index (κ2) is 8.11. The third-order valence-corrected chi connectivity index (χ3v) is 7.18. The van der Waals surface area contributed by atoms with Crippen LogP contribution in [0.3, 0.4) is 0 Å². The number of fused-ring (bicyclic) bond motifs is 1. The van der Waals surface area contributed by atoms with Crippen LogP contribution < -0.4 is 4.74 Å². The number of hydrogen-bond acceptors (Lipinski definition) is 4. The van der Waals surface area contributed by atoms with Gasteiger partial charge in [-0.1, -0.05) is 39.0 Å². The Morgan fingerprint density at radius 1 is 1.21 bits per heavy atom. The fraction of sp³-hybridized carbons (Fsp3) is 0.542. The summed E-state index contributed by atoms with van der Waals surface area (Å²) in [6.07, 6.45) is 1.04. The zero-order valence-corrected chi connectivity index (χ0v) is 18.7. The van der Waals surface area contributed by atoms with Crippen molar-refractivity contribution in [2.24, 2.45) is 11.3 Å². The van der Waals surface area contributed by atoms with E-state index in [1.807, 2.05) is 32.9 Å². The Bertz CT molecular complexity index is 843. The summed E-state index contributed by atoms with van der Waals surface area (Å²) in [5.41, 5.74) is 2.30. The number of nitrogens with zero attached hydrogens (tertiary/aromatic N) is 2. The smallest absolute Gasteiger partial charge is 0.228 e. The zero-order chi connectivity index (χ0) is 20.6. The number of benzene rings is 1. The van der Waals surface area contributed by atoms with Gasteiger partial charge in [-0.05, 0) is 34.9 Å². The van der Waals surface area contributed by atoms with Gasteiger partial charge in [-0.15, -0.1) is 0 Å². The van der Waals surface area contributed by atoms with Crippen LogP contribution in [0.5, 0.6) is 5.75 Å². The second-order valence-electron chi connectivity index (χ2n) is 9.44. The summed E-state index contributed by atoms with van der Waals surface area (Å²) in [7, 11) is 1.74. The molecule has 3 heterocycles. The first kappa shape index (κ1) is 20.4.